The number of H-pyrrole nitrogens is 1. The lowest BCUT2D eigenvalue weighted by Gasteiger charge is -1.94. The van der Waals surface area contributed by atoms with E-state index in [1.165, 1.54) is 0 Å². The quantitative estimate of drug-likeness (QED) is 0.738. The van der Waals surface area contributed by atoms with Crippen LogP contribution in [0.3, 0.4) is 0 Å². The summed E-state index contributed by atoms with van der Waals surface area (Å²) in [5.41, 5.74) is 5.60. The third-order valence-electron chi connectivity index (χ3n) is 1.40. The van der Waals surface area contributed by atoms with E-state index in [1.807, 2.05) is 18.7 Å². The van der Waals surface area contributed by atoms with Crippen molar-refractivity contribution in [1.29, 1.82) is 0 Å². The van der Waals surface area contributed by atoms with E-state index in [1.54, 1.807) is 0 Å². The van der Waals surface area contributed by atoms with Gasteiger partial charge in [-0.05, 0) is 12.7 Å². The number of thioether (sulfide) groups is 1. The molecule has 1 heterocycles. The van der Waals surface area contributed by atoms with E-state index in [4.69, 9.17) is 5.73 Å². The van der Waals surface area contributed by atoms with Gasteiger partial charge in [-0.2, -0.15) is 16.9 Å². The van der Waals surface area contributed by atoms with E-state index in [9.17, 15) is 0 Å². The monoisotopic (exact) mass is 186 g/mol. The summed E-state index contributed by atoms with van der Waals surface area (Å²) in [5.74, 6) is 3.58. The largest absolute Gasteiger partial charge is 0.321 e. The van der Waals surface area contributed by atoms with Gasteiger partial charge in [0.25, 0.3) is 0 Å². The Morgan fingerprint density at radius 3 is 2.92 bits per heavy atom. The maximum atomic E-state index is 5.60. The van der Waals surface area contributed by atoms with Crippen LogP contribution in [0.4, 0.5) is 0 Å². The van der Waals surface area contributed by atoms with Gasteiger partial charge < -0.3 is 5.73 Å². The molecule has 1 aromatic rings. The molecule has 0 bridgehead atoms. The van der Waals surface area contributed by atoms with E-state index in [-0.39, 0.29) is 6.04 Å². The van der Waals surface area contributed by atoms with Crippen molar-refractivity contribution in [2.24, 2.45) is 5.73 Å². The lowest BCUT2D eigenvalue weighted by Crippen LogP contribution is -2.06. The van der Waals surface area contributed by atoms with Crippen molar-refractivity contribution in [3.63, 3.8) is 0 Å². The fraction of sp³-hybridized carbons (Fsp3) is 0.714. The topological polar surface area (TPSA) is 67.6 Å². The van der Waals surface area contributed by atoms with Crippen molar-refractivity contribution in [1.82, 2.24) is 15.2 Å². The smallest absolute Gasteiger partial charge is 0.167 e. The van der Waals surface area contributed by atoms with Crippen molar-refractivity contribution in [2.45, 2.75) is 25.6 Å². The highest BCUT2D eigenvalue weighted by Gasteiger charge is 2.05. The van der Waals surface area contributed by atoms with Crippen LogP contribution in [0, 0.1) is 0 Å². The maximum Gasteiger partial charge on any atom is 0.167 e. The summed E-state index contributed by atoms with van der Waals surface area (Å²) in [6.45, 7) is 3.99. The first-order chi connectivity index (χ1) is 5.74. The molecule has 0 aliphatic rings. The number of rotatable bonds is 4. The summed E-state index contributed by atoms with van der Waals surface area (Å²) in [6.07, 6.45) is 0. The van der Waals surface area contributed by atoms with Gasteiger partial charge >= 0.3 is 0 Å². The third kappa shape index (κ3) is 2.49. The van der Waals surface area contributed by atoms with E-state index >= 15 is 0 Å². The molecule has 5 heteroatoms. The van der Waals surface area contributed by atoms with Gasteiger partial charge in [-0.25, -0.2) is 4.98 Å². The third-order valence-corrected chi connectivity index (χ3v) is 2.29. The van der Waals surface area contributed by atoms with E-state index < -0.39 is 0 Å². The SMILES string of the molecule is CCSCc1nc(C(C)N)n[nH]1. The lowest BCUT2D eigenvalue weighted by atomic mass is 10.3. The van der Waals surface area contributed by atoms with Crippen molar-refractivity contribution in [3.8, 4) is 0 Å². The van der Waals surface area contributed by atoms with Crippen LogP contribution in [0.1, 0.15) is 31.5 Å². The first-order valence-electron chi connectivity index (χ1n) is 3.98. The minimum absolute atomic E-state index is 0.0818. The molecule has 0 aromatic carbocycles. The van der Waals surface area contributed by atoms with Gasteiger partial charge in [0.2, 0.25) is 0 Å². The number of nitrogens with two attached hydrogens (primary N) is 1. The summed E-state index contributed by atoms with van der Waals surface area (Å²) in [4.78, 5) is 4.23. The van der Waals surface area contributed by atoms with Crippen molar-refractivity contribution >= 4 is 11.8 Å². The number of hydrogen-bond acceptors (Lipinski definition) is 4. The molecule has 1 aromatic heterocycles. The average molecular weight is 186 g/mol. The Hall–Kier alpha value is -0.550. The van der Waals surface area contributed by atoms with Gasteiger partial charge in [0.05, 0.1) is 11.8 Å². The Balaban J connectivity index is 2.52. The van der Waals surface area contributed by atoms with Crippen LogP contribution < -0.4 is 5.73 Å². The van der Waals surface area contributed by atoms with Gasteiger partial charge in [-0.15, -0.1) is 0 Å². The summed E-state index contributed by atoms with van der Waals surface area (Å²) in [7, 11) is 0. The molecule has 0 aliphatic heterocycles. The Morgan fingerprint density at radius 2 is 2.42 bits per heavy atom. The predicted molar refractivity (Wildman–Crippen MR) is 50.8 cm³/mol. The molecule has 1 unspecified atom stereocenters. The van der Waals surface area contributed by atoms with Crippen LogP contribution in [0.5, 0.6) is 0 Å². The molecule has 0 amide bonds. The Bertz CT molecular complexity index is 233. The molecule has 1 rings (SSSR count). The number of hydrogen-bond donors (Lipinski definition) is 2. The normalized spacial score (nSPS) is 13.2. The number of nitrogens with one attached hydrogen (secondary N) is 1. The highest BCUT2D eigenvalue weighted by Crippen LogP contribution is 2.09. The Morgan fingerprint density at radius 1 is 1.67 bits per heavy atom. The number of nitrogens with zero attached hydrogens (tertiary/aromatic N) is 2. The summed E-state index contributed by atoms with van der Waals surface area (Å²) >= 11 is 1.81. The zero-order chi connectivity index (χ0) is 8.97. The van der Waals surface area contributed by atoms with Gasteiger partial charge in [-0.3, -0.25) is 5.10 Å². The minimum atomic E-state index is -0.0818. The van der Waals surface area contributed by atoms with E-state index in [2.05, 4.69) is 22.1 Å². The fourth-order valence-corrected chi connectivity index (χ4v) is 1.30. The second-order valence-corrected chi connectivity index (χ2v) is 3.84. The molecular weight excluding hydrogens is 172 g/mol. The van der Waals surface area contributed by atoms with Crippen molar-refractivity contribution < 1.29 is 0 Å². The van der Waals surface area contributed by atoms with Crippen LogP contribution in [0.25, 0.3) is 0 Å². The standard InChI is InChI=1S/C7H14N4S/c1-3-12-4-6-9-7(5(2)8)11-10-6/h5H,3-4,8H2,1-2H3,(H,9,10,11). The molecule has 0 aliphatic carbocycles. The molecule has 68 valence electrons. The maximum absolute atomic E-state index is 5.60. The van der Waals surface area contributed by atoms with Crippen LogP contribution in [-0.4, -0.2) is 20.9 Å². The molecule has 0 saturated carbocycles. The lowest BCUT2D eigenvalue weighted by molar-refractivity contribution is 0.745. The average Bonchev–Trinajstić information content (AvgIpc) is 2.48. The number of aromatic nitrogens is 3. The van der Waals surface area contributed by atoms with E-state index in [0.29, 0.717) is 5.82 Å². The van der Waals surface area contributed by atoms with Crippen molar-refractivity contribution in [3.05, 3.63) is 11.6 Å². The highest BCUT2D eigenvalue weighted by atomic mass is 32.2. The molecule has 1 atom stereocenters. The molecule has 12 heavy (non-hydrogen) atoms. The first-order valence-corrected chi connectivity index (χ1v) is 5.14. The van der Waals surface area contributed by atoms with Crippen LogP contribution in [-0.2, 0) is 5.75 Å². The van der Waals surface area contributed by atoms with Gasteiger partial charge in [0.1, 0.15) is 5.82 Å². The fourth-order valence-electron chi connectivity index (χ4n) is 0.777. The zero-order valence-electron chi connectivity index (χ0n) is 7.37. The van der Waals surface area contributed by atoms with Gasteiger partial charge in [0, 0.05) is 0 Å². The molecule has 3 N–H and O–H groups in total. The van der Waals surface area contributed by atoms with Crippen LogP contribution >= 0.6 is 11.8 Å². The minimum Gasteiger partial charge on any atom is -0.321 e. The zero-order valence-corrected chi connectivity index (χ0v) is 8.19. The first kappa shape index (κ1) is 9.54. The summed E-state index contributed by atoms with van der Waals surface area (Å²) < 4.78 is 0. The summed E-state index contributed by atoms with van der Waals surface area (Å²) in [5, 5.41) is 6.85. The molecule has 4 nitrogen and oxygen atoms in total. The van der Waals surface area contributed by atoms with Crippen LogP contribution in [0.2, 0.25) is 0 Å². The molecule has 0 radical (unpaired) electrons. The molecular formula is C7H14N4S. The highest BCUT2D eigenvalue weighted by molar-refractivity contribution is 7.98. The predicted octanol–water partition coefficient (Wildman–Crippen LogP) is 1.08. The Labute approximate surface area is 76.3 Å². The second-order valence-electron chi connectivity index (χ2n) is 2.57. The Kier molecular flexibility index (Phi) is 3.55. The van der Waals surface area contributed by atoms with Gasteiger partial charge in [0.15, 0.2) is 5.82 Å². The molecule has 0 spiro atoms. The second kappa shape index (κ2) is 4.47. The van der Waals surface area contributed by atoms with Crippen molar-refractivity contribution in [2.75, 3.05) is 5.75 Å². The number of aromatic amines is 1. The molecule has 0 saturated heterocycles. The van der Waals surface area contributed by atoms with Gasteiger partial charge in [-0.1, -0.05) is 6.92 Å². The summed E-state index contributed by atoms with van der Waals surface area (Å²) in [6, 6.07) is -0.0818. The van der Waals surface area contributed by atoms with E-state index in [0.717, 1.165) is 17.3 Å². The van der Waals surface area contributed by atoms with Crippen LogP contribution in [0.15, 0.2) is 0 Å². The molecule has 0 fully saturated rings.